The molecule has 2 heterocycles. The summed E-state index contributed by atoms with van der Waals surface area (Å²) in [5.74, 6) is -0.936. The van der Waals surface area contributed by atoms with Crippen molar-refractivity contribution in [3.8, 4) is 0 Å². The van der Waals surface area contributed by atoms with Crippen molar-refractivity contribution in [3.63, 3.8) is 0 Å². The van der Waals surface area contributed by atoms with E-state index in [1.165, 1.54) is 28.2 Å². The Balaban J connectivity index is 2.01. The van der Waals surface area contributed by atoms with Gasteiger partial charge in [0, 0.05) is 50.1 Å². The molecular formula is C13H21N3O5S3. The van der Waals surface area contributed by atoms with Crippen molar-refractivity contribution in [1.82, 2.24) is 9.21 Å². The molecule has 1 aromatic rings. The van der Waals surface area contributed by atoms with Crippen LogP contribution in [0.4, 0.5) is 0 Å². The van der Waals surface area contributed by atoms with Crippen molar-refractivity contribution in [2.45, 2.75) is 13.5 Å². The van der Waals surface area contributed by atoms with Gasteiger partial charge in [-0.15, -0.1) is 11.3 Å². The van der Waals surface area contributed by atoms with Gasteiger partial charge in [0.1, 0.15) is 4.88 Å². The number of piperazine rings is 1. The second-order valence-corrected chi connectivity index (χ2v) is 11.5. The average Bonchev–Trinajstić information content (AvgIpc) is 2.78. The summed E-state index contributed by atoms with van der Waals surface area (Å²) < 4.78 is 40.5. The topological polar surface area (TPSA) is 107 Å². The molecule has 0 aromatic carbocycles. The highest BCUT2D eigenvalue weighted by Gasteiger charge is 2.27. The lowest BCUT2D eigenvalue weighted by molar-refractivity contribution is 0.0702. The van der Waals surface area contributed by atoms with Gasteiger partial charge in [0.2, 0.25) is 0 Å². The summed E-state index contributed by atoms with van der Waals surface area (Å²) >= 11 is 1.24. The minimum atomic E-state index is -3.87. The van der Waals surface area contributed by atoms with Gasteiger partial charge in [0.05, 0.1) is 9.73 Å². The fraction of sp³-hybridized carbons (Fsp3) is 0.615. The molecule has 1 saturated heterocycles. The van der Waals surface area contributed by atoms with Gasteiger partial charge in [0.15, 0.2) is 0 Å². The smallest absolute Gasteiger partial charge is 0.345 e. The van der Waals surface area contributed by atoms with E-state index in [9.17, 15) is 17.4 Å². The Kier molecular flexibility index (Phi) is 5.70. The van der Waals surface area contributed by atoms with E-state index < -0.39 is 25.9 Å². The number of thiophene rings is 1. The van der Waals surface area contributed by atoms with E-state index in [1.54, 1.807) is 6.07 Å². The van der Waals surface area contributed by atoms with Gasteiger partial charge >= 0.3 is 16.2 Å². The molecule has 24 heavy (non-hydrogen) atoms. The third-order valence-electron chi connectivity index (χ3n) is 3.56. The predicted molar refractivity (Wildman–Crippen MR) is 94.2 cm³/mol. The van der Waals surface area contributed by atoms with Gasteiger partial charge in [-0.05, 0) is 18.6 Å². The first-order valence-corrected chi connectivity index (χ1v) is 11.8. The Bertz CT molecular complexity index is 836. The Hall–Kier alpha value is -1.01. The molecule has 0 unspecified atom stereocenters. The Morgan fingerprint density at radius 3 is 2.29 bits per heavy atom. The first-order chi connectivity index (χ1) is 11.0. The minimum absolute atomic E-state index is 0.274. The molecule has 0 saturated carbocycles. The molecule has 1 aromatic heterocycles. The van der Waals surface area contributed by atoms with E-state index in [-0.39, 0.29) is 13.1 Å². The summed E-state index contributed by atoms with van der Waals surface area (Å²) in [5.41, 5.74) is 0.948. The Labute approximate surface area is 146 Å². The van der Waals surface area contributed by atoms with Crippen LogP contribution in [0.2, 0.25) is 0 Å². The van der Waals surface area contributed by atoms with Crippen molar-refractivity contribution in [2.75, 3.05) is 38.7 Å². The molecule has 0 amide bonds. The third-order valence-corrected chi connectivity index (χ3v) is 7.84. The Morgan fingerprint density at radius 1 is 1.25 bits per heavy atom. The summed E-state index contributed by atoms with van der Waals surface area (Å²) in [6.45, 7) is 4.04. The summed E-state index contributed by atoms with van der Waals surface area (Å²) in [5, 5.41) is 9.04. The lowest BCUT2D eigenvalue weighted by atomic mass is 10.2. The van der Waals surface area contributed by atoms with E-state index in [4.69, 9.17) is 5.11 Å². The van der Waals surface area contributed by atoms with Crippen molar-refractivity contribution >= 4 is 37.2 Å². The third kappa shape index (κ3) is 4.99. The zero-order valence-electron chi connectivity index (χ0n) is 13.8. The molecule has 1 N–H and O–H groups in total. The maximum absolute atomic E-state index is 12.1. The fourth-order valence-corrected chi connectivity index (χ4v) is 6.10. The predicted octanol–water partition coefficient (Wildman–Crippen LogP) is 0.845. The molecule has 1 aliphatic rings. The van der Waals surface area contributed by atoms with Gasteiger partial charge in [-0.3, -0.25) is 4.90 Å². The second-order valence-electron chi connectivity index (χ2n) is 5.91. The van der Waals surface area contributed by atoms with Crippen molar-refractivity contribution in [3.05, 3.63) is 21.4 Å². The number of aryl methyl sites for hydroxylation is 1. The number of hydrogen-bond donors (Lipinski definition) is 1. The lowest BCUT2D eigenvalue weighted by Crippen LogP contribution is -2.47. The van der Waals surface area contributed by atoms with Crippen LogP contribution in [0.25, 0.3) is 0 Å². The SMILES string of the molecule is Cc1sc(C(=O)O)cc1CN1CCN(S(=O)(=O)N=S(C)(C)=O)CC1. The van der Waals surface area contributed by atoms with Crippen molar-refractivity contribution < 1.29 is 22.5 Å². The molecule has 0 spiro atoms. The zero-order chi connectivity index (χ0) is 18.1. The van der Waals surface area contributed by atoms with Crippen LogP contribution in [0, 0.1) is 6.92 Å². The van der Waals surface area contributed by atoms with Gasteiger partial charge in [-0.25, -0.2) is 9.00 Å². The second kappa shape index (κ2) is 7.08. The number of aromatic carboxylic acids is 1. The van der Waals surface area contributed by atoms with E-state index in [0.29, 0.717) is 24.5 Å². The maximum Gasteiger partial charge on any atom is 0.345 e. The van der Waals surface area contributed by atoms with E-state index in [2.05, 4.69) is 8.67 Å². The standard InChI is InChI=1S/C13H21N3O5S3/c1-10-11(8-12(22-10)13(17)18)9-15-4-6-16(7-5-15)24(20,21)14-23(2,3)19/h8H,4-7,9H2,1-3H3,(H,17,18). The number of carbonyl (C=O) groups is 1. The molecule has 0 aliphatic carbocycles. The highest BCUT2D eigenvalue weighted by atomic mass is 32.3. The van der Waals surface area contributed by atoms with Gasteiger partial charge in [-0.1, -0.05) is 3.77 Å². The van der Waals surface area contributed by atoms with Crippen LogP contribution in [0.3, 0.4) is 0 Å². The average molecular weight is 396 g/mol. The van der Waals surface area contributed by atoms with Crippen LogP contribution < -0.4 is 0 Å². The summed E-state index contributed by atoms with van der Waals surface area (Å²) in [6.07, 6.45) is 2.58. The zero-order valence-corrected chi connectivity index (χ0v) is 16.2. The highest BCUT2D eigenvalue weighted by Crippen LogP contribution is 2.23. The molecule has 8 nitrogen and oxygen atoms in total. The van der Waals surface area contributed by atoms with Crippen LogP contribution >= 0.6 is 11.3 Å². The van der Waals surface area contributed by atoms with Crippen LogP contribution in [0.1, 0.15) is 20.1 Å². The van der Waals surface area contributed by atoms with Crippen LogP contribution in [-0.4, -0.2) is 71.6 Å². The highest BCUT2D eigenvalue weighted by molar-refractivity contribution is 8.01. The first kappa shape index (κ1) is 19.3. The van der Waals surface area contributed by atoms with Crippen LogP contribution in [0.15, 0.2) is 9.83 Å². The molecule has 1 aliphatic heterocycles. The normalized spacial score (nSPS) is 17.8. The van der Waals surface area contributed by atoms with E-state index in [1.807, 2.05) is 6.92 Å². The van der Waals surface area contributed by atoms with Crippen molar-refractivity contribution in [1.29, 1.82) is 0 Å². The largest absolute Gasteiger partial charge is 0.477 e. The number of carboxylic acid groups (broad SMARTS) is 1. The number of nitrogens with zero attached hydrogens (tertiary/aromatic N) is 3. The first-order valence-electron chi connectivity index (χ1n) is 7.21. The van der Waals surface area contributed by atoms with E-state index >= 15 is 0 Å². The molecule has 0 atom stereocenters. The quantitative estimate of drug-likeness (QED) is 0.792. The molecular weight excluding hydrogens is 374 g/mol. The van der Waals surface area contributed by atoms with Gasteiger partial charge < -0.3 is 5.11 Å². The summed E-state index contributed by atoms with van der Waals surface area (Å²) in [7, 11) is -6.60. The maximum atomic E-state index is 12.1. The van der Waals surface area contributed by atoms with Crippen LogP contribution in [-0.2, 0) is 26.5 Å². The van der Waals surface area contributed by atoms with Gasteiger partial charge in [-0.2, -0.15) is 12.7 Å². The minimum Gasteiger partial charge on any atom is -0.477 e. The number of carboxylic acids is 1. The molecule has 11 heteroatoms. The molecule has 2 rings (SSSR count). The molecule has 136 valence electrons. The molecule has 0 bridgehead atoms. The summed E-state index contributed by atoms with van der Waals surface area (Å²) in [4.78, 5) is 14.3. The molecule has 0 radical (unpaired) electrons. The molecule has 1 fully saturated rings. The number of hydrogen-bond acceptors (Lipinski definition) is 6. The van der Waals surface area contributed by atoms with Gasteiger partial charge in [0.25, 0.3) is 0 Å². The summed E-state index contributed by atoms with van der Waals surface area (Å²) in [6, 6.07) is 1.67. The lowest BCUT2D eigenvalue weighted by Gasteiger charge is -2.32. The van der Waals surface area contributed by atoms with E-state index in [0.717, 1.165) is 10.4 Å². The van der Waals surface area contributed by atoms with Crippen LogP contribution in [0.5, 0.6) is 0 Å². The fourth-order valence-electron chi connectivity index (χ4n) is 2.42. The monoisotopic (exact) mass is 395 g/mol. The van der Waals surface area contributed by atoms with Crippen molar-refractivity contribution in [2.24, 2.45) is 3.77 Å². The Morgan fingerprint density at radius 2 is 1.83 bits per heavy atom. The number of rotatable bonds is 5.